The Labute approximate surface area is 123 Å². The summed E-state index contributed by atoms with van der Waals surface area (Å²) in [6.07, 6.45) is 2.64. The maximum absolute atomic E-state index is 12.9. The smallest absolute Gasteiger partial charge is 0.239 e. The van der Waals surface area contributed by atoms with Gasteiger partial charge >= 0.3 is 0 Å². The van der Waals surface area contributed by atoms with Crippen LogP contribution in [0, 0.1) is 5.82 Å². The van der Waals surface area contributed by atoms with Crippen LogP contribution in [0.1, 0.15) is 6.42 Å². The number of benzene rings is 1. The van der Waals surface area contributed by atoms with Crippen LogP contribution in [-0.4, -0.2) is 49.1 Å². The van der Waals surface area contributed by atoms with Gasteiger partial charge in [0.2, 0.25) is 5.91 Å². The largest absolute Gasteiger partial charge is 0.492 e. The highest BCUT2D eigenvalue weighted by Gasteiger charge is 2.17. The number of nitrogens with two attached hydrogens (primary N) is 1. The number of thioether (sulfide) groups is 1. The Bertz CT molecular complexity index is 431. The molecule has 0 aromatic heterocycles. The lowest BCUT2D eigenvalue weighted by atomic mass is 10.2. The van der Waals surface area contributed by atoms with E-state index in [9.17, 15) is 9.18 Å². The summed E-state index contributed by atoms with van der Waals surface area (Å²) in [5, 5.41) is 0. The molecule has 0 radical (unpaired) electrons. The van der Waals surface area contributed by atoms with Crippen LogP contribution in [0.4, 0.5) is 4.39 Å². The first kappa shape index (κ1) is 16.8. The molecule has 2 N–H and O–H groups in total. The van der Waals surface area contributed by atoms with Crippen LogP contribution in [0.15, 0.2) is 24.3 Å². The van der Waals surface area contributed by atoms with E-state index in [1.165, 1.54) is 12.1 Å². The summed E-state index contributed by atoms with van der Waals surface area (Å²) >= 11 is 1.66. The molecule has 1 aromatic rings. The van der Waals surface area contributed by atoms with E-state index in [4.69, 9.17) is 10.5 Å². The molecule has 20 heavy (non-hydrogen) atoms. The molecule has 0 spiro atoms. The second-order valence-electron chi connectivity index (χ2n) is 4.45. The summed E-state index contributed by atoms with van der Waals surface area (Å²) in [5.74, 6) is 0.881. The van der Waals surface area contributed by atoms with Crippen molar-refractivity contribution in [3.8, 4) is 5.75 Å². The average Bonchev–Trinajstić information content (AvgIpc) is 2.43. The molecule has 1 rings (SSSR count). The molecule has 6 heteroatoms. The zero-order valence-electron chi connectivity index (χ0n) is 11.8. The number of hydrogen-bond donors (Lipinski definition) is 1. The zero-order valence-corrected chi connectivity index (χ0v) is 12.7. The molecular weight excluding hydrogens is 279 g/mol. The topological polar surface area (TPSA) is 55.6 Å². The Balaban J connectivity index is 2.32. The summed E-state index contributed by atoms with van der Waals surface area (Å²) in [6, 6.07) is 5.45. The third-order valence-corrected chi connectivity index (χ3v) is 3.46. The molecule has 0 aliphatic heterocycles. The second-order valence-corrected chi connectivity index (χ2v) is 5.44. The summed E-state index contributed by atoms with van der Waals surface area (Å²) in [5.41, 5.74) is 5.81. The van der Waals surface area contributed by atoms with Crippen molar-refractivity contribution < 1.29 is 13.9 Å². The molecule has 1 amide bonds. The molecule has 112 valence electrons. The van der Waals surface area contributed by atoms with Crippen LogP contribution in [-0.2, 0) is 4.79 Å². The summed E-state index contributed by atoms with van der Waals surface area (Å²) in [7, 11) is 1.69. The van der Waals surface area contributed by atoms with Crippen LogP contribution in [0.3, 0.4) is 0 Å². The molecule has 0 unspecified atom stereocenters. The van der Waals surface area contributed by atoms with Gasteiger partial charge in [0.05, 0.1) is 12.6 Å². The van der Waals surface area contributed by atoms with E-state index in [1.54, 1.807) is 35.8 Å². The van der Waals surface area contributed by atoms with Crippen molar-refractivity contribution in [1.82, 2.24) is 4.90 Å². The Kier molecular flexibility index (Phi) is 7.40. The normalized spacial score (nSPS) is 12.0. The van der Waals surface area contributed by atoms with Gasteiger partial charge in [-0.2, -0.15) is 11.8 Å². The minimum atomic E-state index is -0.471. The molecule has 0 aliphatic carbocycles. The van der Waals surface area contributed by atoms with Gasteiger partial charge in [-0.05, 0) is 30.6 Å². The van der Waals surface area contributed by atoms with Gasteiger partial charge < -0.3 is 15.4 Å². The van der Waals surface area contributed by atoms with Crippen LogP contribution in [0.25, 0.3) is 0 Å². The summed E-state index contributed by atoms with van der Waals surface area (Å²) in [4.78, 5) is 13.5. The van der Waals surface area contributed by atoms with Crippen molar-refractivity contribution in [1.29, 1.82) is 0 Å². The Morgan fingerprint density at radius 3 is 2.95 bits per heavy atom. The number of carbonyl (C=O) groups is 1. The van der Waals surface area contributed by atoms with Crippen LogP contribution < -0.4 is 10.5 Å². The van der Waals surface area contributed by atoms with E-state index < -0.39 is 6.04 Å². The van der Waals surface area contributed by atoms with Gasteiger partial charge in [-0.25, -0.2) is 4.39 Å². The second kappa shape index (κ2) is 8.81. The number of amides is 1. The Morgan fingerprint density at radius 1 is 1.55 bits per heavy atom. The van der Waals surface area contributed by atoms with Crippen molar-refractivity contribution in [2.45, 2.75) is 12.5 Å². The SMILES string of the molecule is CSCC[C@H](N)C(=O)N(C)CCOc1cccc(F)c1. The number of ether oxygens (including phenoxy) is 1. The molecule has 0 aliphatic rings. The van der Waals surface area contributed by atoms with Gasteiger partial charge in [-0.15, -0.1) is 0 Å². The van der Waals surface area contributed by atoms with Crippen molar-refractivity contribution >= 4 is 17.7 Å². The lowest BCUT2D eigenvalue weighted by Crippen LogP contribution is -2.43. The molecule has 0 heterocycles. The third-order valence-electron chi connectivity index (χ3n) is 2.82. The molecule has 0 saturated heterocycles. The third kappa shape index (κ3) is 5.79. The molecule has 4 nitrogen and oxygen atoms in total. The number of nitrogens with zero attached hydrogens (tertiary/aromatic N) is 1. The predicted molar refractivity (Wildman–Crippen MR) is 80.5 cm³/mol. The van der Waals surface area contributed by atoms with Gasteiger partial charge in [0, 0.05) is 13.1 Å². The van der Waals surface area contributed by atoms with Gasteiger partial charge in [-0.3, -0.25) is 4.79 Å². The van der Waals surface area contributed by atoms with E-state index in [0.29, 0.717) is 25.3 Å². The molecule has 1 aromatic carbocycles. The lowest BCUT2D eigenvalue weighted by molar-refractivity contribution is -0.131. The summed E-state index contributed by atoms with van der Waals surface area (Å²) in [6.45, 7) is 0.725. The van der Waals surface area contributed by atoms with Gasteiger partial charge in [0.15, 0.2) is 0 Å². The van der Waals surface area contributed by atoms with Crippen molar-refractivity contribution in [2.24, 2.45) is 5.73 Å². The van der Waals surface area contributed by atoms with Crippen molar-refractivity contribution in [3.05, 3.63) is 30.1 Å². The maximum atomic E-state index is 12.9. The molecule has 0 bridgehead atoms. The predicted octanol–water partition coefficient (Wildman–Crippen LogP) is 1.74. The molecule has 0 saturated carbocycles. The first-order valence-corrected chi connectivity index (χ1v) is 7.82. The van der Waals surface area contributed by atoms with E-state index in [1.807, 2.05) is 6.26 Å². The first-order valence-electron chi connectivity index (χ1n) is 6.42. The number of likely N-dealkylation sites (N-methyl/N-ethyl adjacent to an activating group) is 1. The summed E-state index contributed by atoms with van der Waals surface area (Å²) < 4.78 is 18.3. The number of hydrogen-bond acceptors (Lipinski definition) is 4. The number of halogens is 1. The van der Waals surface area contributed by atoms with Gasteiger partial charge in [0.1, 0.15) is 18.2 Å². The monoisotopic (exact) mass is 300 g/mol. The van der Waals surface area contributed by atoms with Crippen LogP contribution >= 0.6 is 11.8 Å². The fourth-order valence-electron chi connectivity index (χ4n) is 1.62. The van der Waals surface area contributed by atoms with E-state index in [2.05, 4.69) is 0 Å². The standard InChI is InChI=1S/C14H21FN2O2S/c1-17(14(18)13(16)6-9-20-2)7-8-19-12-5-3-4-11(15)10-12/h3-5,10,13H,6-9,16H2,1-2H3/t13-/m0/s1. The highest BCUT2D eigenvalue weighted by Crippen LogP contribution is 2.11. The minimum Gasteiger partial charge on any atom is -0.492 e. The van der Waals surface area contributed by atoms with Crippen LogP contribution in [0.2, 0.25) is 0 Å². The Hall–Kier alpha value is -1.27. The average molecular weight is 300 g/mol. The van der Waals surface area contributed by atoms with E-state index in [0.717, 1.165) is 5.75 Å². The Morgan fingerprint density at radius 2 is 2.30 bits per heavy atom. The first-order chi connectivity index (χ1) is 9.54. The van der Waals surface area contributed by atoms with E-state index >= 15 is 0 Å². The molecule has 0 fully saturated rings. The molecular formula is C14H21FN2O2S. The van der Waals surface area contributed by atoms with Gasteiger partial charge in [0.25, 0.3) is 0 Å². The zero-order chi connectivity index (χ0) is 15.0. The van der Waals surface area contributed by atoms with Crippen molar-refractivity contribution in [2.75, 3.05) is 32.2 Å². The quantitative estimate of drug-likeness (QED) is 0.794. The number of rotatable bonds is 8. The fourth-order valence-corrected chi connectivity index (χ4v) is 2.11. The minimum absolute atomic E-state index is 0.0955. The molecule has 1 atom stereocenters. The van der Waals surface area contributed by atoms with Crippen molar-refractivity contribution in [3.63, 3.8) is 0 Å². The maximum Gasteiger partial charge on any atom is 0.239 e. The number of carbonyl (C=O) groups excluding carboxylic acids is 1. The lowest BCUT2D eigenvalue weighted by Gasteiger charge is -2.21. The van der Waals surface area contributed by atoms with Crippen LogP contribution in [0.5, 0.6) is 5.75 Å². The highest BCUT2D eigenvalue weighted by molar-refractivity contribution is 7.98. The van der Waals surface area contributed by atoms with Gasteiger partial charge in [-0.1, -0.05) is 6.07 Å². The van der Waals surface area contributed by atoms with E-state index in [-0.39, 0.29) is 11.7 Å². The highest BCUT2D eigenvalue weighted by atomic mass is 32.2. The fraction of sp³-hybridized carbons (Fsp3) is 0.500.